The first kappa shape index (κ1) is 14.2. The number of rotatable bonds is 1. The number of piperidine rings is 1. The molecular weight excluding hydrogens is 244 g/mol. The molecule has 0 aromatic heterocycles. The van der Waals surface area contributed by atoms with E-state index in [1.807, 2.05) is 11.8 Å². The Bertz CT molecular complexity index is 362. The fourth-order valence-electron chi connectivity index (χ4n) is 3.46. The third kappa shape index (κ3) is 3.01. The average molecular weight is 268 g/mol. The number of carbonyl (C=O) groups is 2. The molecule has 2 unspecified atom stereocenters. The Kier molecular flexibility index (Phi) is 4.02. The lowest BCUT2D eigenvalue weighted by molar-refractivity contribution is -0.142. The van der Waals surface area contributed by atoms with Crippen LogP contribution in [0, 0.1) is 23.7 Å². The van der Waals surface area contributed by atoms with Crippen LogP contribution in [0.25, 0.3) is 0 Å². The molecule has 108 valence electrons. The number of carbonyl (C=O) groups excluding carboxylic acids is 1. The Labute approximate surface area is 114 Å². The highest BCUT2D eigenvalue weighted by Gasteiger charge is 2.39. The summed E-state index contributed by atoms with van der Waals surface area (Å²) in [6.07, 6.45) is 1.16. The van der Waals surface area contributed by atoms with Crippen LogP contribution in [0.4, 0.5) is 4.79 Å². The summed E-state index contributed by atoms with van der Waals surface area (Å²) >= 11 is 0. The summed E-state index contributed by atoms with van der Waals surface area (Å²) in [5.74, 6) is -0.0983. The molecule has 2 fully saturated rings. The average Bonchev–Trinajstić information content (AvgIpc) is 2.69. The fraction of sp³-hybridized carbons (Fsp3) is 0.857. The first-order valence-corrected chi connectivity index (χ1v) is 7.15. The van der Waals surface area contributed by atoms with Crippen molar-refractivity contribution < 1.29 is 14.7 Å². The van der Waals surface area contributed by atoms with Crippen LogP contribution in [0.15, 0.2) is 0 Å². The Morgan fingerprint density at radius 1 is 0.947 bits per heavy atom. The SMILES string of the molecule is CC1CC(C)CN(C(=O)N2C[C@@H](C)[C@H](C(=O)O)C2)C1. The van der Waals surface area contributed by atoms with Crippen LogP contribution >= 0.6 is 0 Å². The summed E-state index contributed by atoms with van der Waals surface area (Å²) in [5, 5.41) is 9.13. The van der Waals surface area contributed by atoms with Gasteiger partial charge < -0.3 is 14.9 Å². The number of carboxylic acids is 1. The first-order valence-electron chi connectivity index (χ1n) is 7.15. The van der Waals surface area contributed by atoms with E-state index >= 15 is 0 Å². The van der Waals surface area contributed by atoms with Gasteiger partial charge in [0.15, 0.2) is 0 Å². The van der Waals surface area contributed by atoms with Crippen molar-refractivity contribution in [3.8, 4) is 0 Å². The molecule has 2 saturated heterocycles. The first-order chi connectivity index (χ1) is 8.88. The van der Waals surface area contributed by atoms with Gasteiger partial charge in [0.25, 0.3) is 0 Å². The van der Waals surface area contributed by atoms with E-state index in [0.29, 0.717) is 24.9 Å². The van der Waals surface area contributed by atoms with Crippen molar-refractivity contribution in [2.24, 2.45) is 23.7 Å². The maximum absolute atomic E-state index is 12.5. The molecule has 0 spiro atoms. The summed E-state index contributed by atoms with van der Waals surface area (Å²) in [6, 6.07) is 0.0222. The molecule has 0 aromatic carbocycles. The number of likely N-dealkylation sites (tertiary alicyclic amines) is 2. The standard InChI is InChI=1S/C14H24N2O3/c1-9-4-10(2)6-15(5-9)14(19)16-7-11(3)12(8-16)13(17)18/h9-12H,4-8H2,1-3H3,(H,17,18)/t9?,10?,11-,12-/m1/s1. The highest BCUT2D eigenvalue weighted by molar-refractivity contribution is 5.78. The van der Waals surface area contributed by atoms with Gasteiger partial charge in [-0.2, -0.15) is 0 Å². The van der Waals surface area contributed by atoms with E-state index in [4.69, 9.17) is 5.11 Å². The van der Waals surface area contributed by atoms with Crippen molar-refractivity contribution in [1.29, 1.82) is 0 Å². The van der Waals surface area contributed by atoms with Crippen LogP contribution in [0.5, 0.6) is 0 Å². The number of aliphatic carboxylic acids is 1. The molecule has 0 bridgehead atoms. The molecule has 4 atom stereocenters. The van der Waals surface area contributed by atoms with Crippen LogP contribution in [0.2, 0.25) is 0 Å². The molecule has 1 N–H and O–H groups in total. The summed E-state index contributed by atoms with van der Waals surface area (Å²) in [5.41, 5.74) is 0. The van der Waals surface area contributed by atoms with E-state index in [0.717, 1.165) is 19.5 Å². The molecule has 0 radical (unpaired) electrons. The van der Waals surface area contributed by atoms with Crippen molar-refractivity contribution >= 4 is 12.0 Å². The fourth-order valence-corrected chi connectivity index (χ4v) is 3.46. The zero-order valence-electron chi connectivity index (χ0n) is 12.0. The van der Waals surface area contributed by atoms with E-state index in [9.17, 15) is 9.59 Å². The molecule has 0 aromatic rings. The normalized spacial score (nSPS) is 35.5. The third-order valence-corrected chi connectivity index (χ3v) is 4.34. The van der Waals surface area contributed by atoms with Gasteiger partial charge in [-0.25, -0.2) is 4.79 Å². The molecule has 19 heavy (non-hydrogen) atoms. The molecule has 0 saturated carbocycles. The van der Waals surface area contributed by atoms with Crippen molar-refractivity contribution in [3.05, 3.63) is 0 Å². The molecule has 2 aliphatic rings. The van der Waals surface area contributed by atoms with Gasteiger partial charge in [0.05, 0.1) is 5.92 Å². The van der Waals surface area contributed by atoms with Crippen molar-refractivity contribution in [2.75, 3.05) is 26.2 Å². The van der Waals surface area contributed by atoms with Gasteiger partial charge in [-0.1, -0.05) is 20.8 Å². The van der Waals surface area contributed by atoms with E-state index < -0.39 is 11.9 Å². The molecule has 2 aliphatic heterocycles. The third-order valence-electron chi connectivity index (χ3n) is 4.34. The van der Waals surface area contributed by atoms with E-state index in [1.54, 1.807) is 4.90 Å². The Balaban J connectivity index is 1.99. The van der Waals surface area contributed by atoms with Crippen LogP contribution in [0.3, 0.4) is 0 Å². The molecule has 2 heterocycles. The molecule has 2 amide bonds. The quantitative estimate of drug-likeness (QED) is 0.788. The molecule has 2 rings (SSSR count). The predicted molar refractivity (Wildman–Crippen MR) is 71.8 cm³/mol. The zero-order valence-corrected chi connectivity index (χ0v) is 12.0. The highest BCUT2D eigenvalue weighted by atomic mass is 16.4. The van der Waals surface area contributed by atoms with Gasteiger partial charge in [-0.3, -0.25) is 4.79 Å². The summed E-state index contributed by atoms with van der Waals surface area (Å²) in [6.45, 7) is 8.76. The van der Waals surface area contributed by atoms with Gasteiger partial charge in [0.2, 0.25) is 0 Å². The minimum Gasteiger partial charge on any atom is -0.481 e. The number of urea groups is 1. The second kappa shape index (κ2) is 5.39. The minimum absolute atomic E-state index is 0.0222. The number of hydrogen-bond donors (Lipinski definition) is 1. The van der Waals surface area contributed by atoms with Crippen molar-refractivity contribution in [2.45, 2.75) is 27.2 Å². The second-order valence-electron chi connectivity index (χ2n) is 6.46. The molecule has 5 nitrogen and oxygen atoms in total. The van der Waals surface area contributed by atoms with Crippen molar-refractivity contribution in [3.63, 3.8) is 0 Å². The summed E-state index contributed by atoms with van der Waals surface area (Å²) in [4.78, 5) is 27.2. The van der Waals surface area contributed by atoms with Gasteiger partial charge in [-0.15, -0.1) is 0 Å². The van der Waals surface area contributed by atoms with Gasteiger partial charge in [-0.05, 0) is 24.2 Å². The van der Waals surface area contributed by atoms with Crippen LogP contribution in [-0.2, 0) is 4.79 Å². The monoisotopic (exact) mass is 268 g/mol. The van der Waals surface area contributed by atoms with Gasteiger partial charge >= 0.3 is 12.0 Å². The van der Waals surface area contributed by atoms with Crippen LogP contribution < -0.4 is 0 Å². The largest absolute Gasteiger partial charge is 0.481 e. The lowest BCUT2D eigenvalue weighted by Gasteiger charge is -2.37. The minimum atomic E-state index is -0.789. The molecule has 0 aliphatic carbocycles. The van der Waals surface area contributed by atoms with Gasteiger partial charge in [0, 0.05) is 26.2 Å². The van der Waals surface area contributed by atoms with Crippen LogP contribution in [-0.4, -0.2) is 53.1 Å². The smallest absolute Gasteiger partial charge is 0.320 e. The summed E-state index contributed by atoms with van der Waals surface area (Å²) < 4.78 is 0. The topological polar surface area (TPSA) is 60.9 Å². The Hall–Kier alpha value is -1.26. The maximum atomic E-state index is 12.5. The van der Waals surface area contributed by atoms with E-state index in [2.05, 4.69) is 13.8 Å². The Morgan fingerprint density at radius 3 is 1.95 bits per heavy atom. The number of hydrogen-bond acceptors (Lipinski definition) is 2. The maximum Gasteiger partial charge on any atom is 0.320 e. The van der Waals surface area contributed by atoms with Gasteiger partial charge in [0.1, 0.15) is 0 Å². The Morgan fingerprint density at radius 2 is 1.47 bits per heavy atom. The molecule has 5 heteroatoms. The predicted octanol–water partition coefficient (Wildman–Crippen LogP) is 1.74. The summed E-state index contributed by atoms with van der Waals surface area (Å²) in [7, 11) is 0. The molecular formula is C14H24N2O3. The highest BCUT2D eigenvalue weighted by Crippen LogP contribution is 2.27. The lowest BCUT2D eigenvalue weighted by atomic mass is 9.92. The second-order valence-corrected chi connectivity index (χ2v) is 6.46. The van der Waals surface area contributed by atoms with Crippen LogP contribution in [0.1, 0.15) is 27.2 Å². The zero-order chi connectivity index (χ0) is 14.2. The van der Waals surface area contributed by atoms with Crippen molar-refractivity contribution in [1.82, 2.24) is 9.80 Å². The van der Waals surface area contributed by atoms with E-state index in [-0.39, 0.29) is 11.9 Å². The van der Waals surface area contributed by atoms with E-state index in [1.165, 1.54) is 0 Å². The number of carboxylic acid groups (broad SMARTS) is 1. The lowest BCUT2D eigenvalue weighted by Crippen LogP contribution is -2.48. The number of amides is 2. The number of nitrogens with zero attached hydrogens (tertiary/aromatic N) is 2.